The molecule has 3 atom stereocenters. The molecule has 0 spiro atoms. The zero-order valence-electron chi connectivity index (χ0n) is 18.6. The van der Waals surface area contributed by atoms with Gasteiger partial charge in [-0.2, -0.15) is 5.26 Å². The summed E-state index contributed by atoms with van der Waals surface area (Å²) in [5.74, 6) is -0.320. The maximum atomic E-state index is 13.0. The summed E-state index contributed by atoms with van der Waals surface area (Å²) in [5.41, 5.74) is 2.78. The van der Waals surface area contributed by atoms with Gasteiger partial charge in [0.1, 0.15) is 35.9 Å². The van der Waals surface area contributed by atoms with E-state index in [4.69, 9.17) is 14.2 Å². The topological polar surface area (TPSA) is 85.6 Å². The molecule has 1 heterocycles. The second-order valence-corrected chi connectivity index (χ2v) is 8.47. The molecule has 1 saturated carbocycles. The van der Waals surface area contributed by atoms with Crippen LogP contribution in [0, 0.1) is 31.1 Å². The van der Waals surface area contributed by atoms with Gasteiger partial charge in [-0.15, -0.1) is 0 Å². The number of nitrogens with zero attached hydrogens (tertiary/aromatic N) is 1. The summed E-state index contributed by atoms with van der Waals surface area (Å²) in [5, 5.41) is 9.38. The predicted molar refractivity (Wildman–Crippen MR) is 122 cm³/mol. The Morgan fingerprint density at radius 1 is 1.12 bits per heavy atom. The van der Waals surface area contributed by atoms with Crippen molar-refractivity contribution < 1.29 is 23.8 Å². The number of ether oxygens (including phenoxy) is 3. The fourth-order valence-corrected chi connectivity index (χ4v) is 4.30. The van der Waals surface area contributed by atoms with Gasteiger partial charge in [0.25, 0.3) is 0 Å². The van der Waals surface area contributed by atoms with Gasteiger partial charge in [0, 0.05) is 6.42 Å². The van der Waals surface area contributed by atoms with Crippen LogP contribution in [0.4, 0.5) is 0 Å². The molecule has 0 saturated heterocycles. The van der Waals surface area contributed by atoms with Gasteiger partial charge in [-0.25, -0.2) is 4.79 Å². The molecule has 0 bridgehead atoms. The van der Waals surface area contributed by atoms with Crippen molar-refractivity contribution in [3.63, 3.8) is 0 Å². The van der Waals surface area contributed by atoms with Crippen LogP contribution < -0.4 is 4.74 Å². The SMILES string of the molecule is Cc1cc(C)cc(OC2=COC3CC(OC(=O)/C(C#N)=C/c4ccccc4)CCC3C2=O)c1. The highest BCUT2D eigenvalue weighted by Crippen LogP contribution is 2.35. The number of ketones is 1. The molecule has 0 radical (unpaired) electrons. The Morgan fingerprint density at radius 2 is 1.85 bits per heavy atom. The quantitative estimate of drug-likeness (QED) is 0.374. The van der Waals surface area contributed by atoms with Gasteiger partial charge in [0.15, 0.2) is 0 Å². The number of carbonyl (C=O) groups excluding carboxylic acids is 2. The maximum absolute atomic E-state index is 13.0. The first-order valence-corrected chi connectivity index (χ1v) is 11.0. The second-order valence-electron chi connectivity index (χ2n) is 8.47. The highest BCUT2D eigenvalue weighted by Gasteiger charge is 2.42. The Kier molecular flexibility index (Phi) is 6.60. The largest absolute Gasteiger partial charge is 0.493 e. The lowest BCUT2D eigenvalue weighted by Gasteiger charge is -2.36. The molecule has 3 unspecified atom stereocenters. The van der Waals surface area contributed by atoms with E-state index in [9.17, 15) is 14.9 Å². The Bertz CT molecular complexity index is 1140. The van der Waals surface area contributed by atoms with Crippen LogP contribution >= 0.6 is 0 Å². The standard InChI is InChI=1S/C27H25NO5/c1-17-10-18(2)12-22(11-17)32-25-16-31-24-14-21(8-9-23(24)26(25)29)33-27(30)20(15-28)13-19-6-4-3-5-7-19/h3-7,10-13,16,21,23-24H,8-9,14H2,1-2H3/b20-13+. The Morgan fingerprint density at radius 3 is 2.55 bits per heavy atom. The molecule has 1 aliphatic heterocycles. The van der Waals surface area contributed by atoms with Crippen LogP contribution in [0.5, 0.6) is 5.75 Å². The van der Waals surface area contributed by atoms with Crippen LogP contribution in [0.1, 0.15) is 36.0 Å². The molecule has 168 valence electrons. The Balaban J connectivity index is 1.39. The van der Waals surface area contributed by atoms with Gasteiger partial charge in [0.05, 0.1) is 5.92 Å². The normalized spacial score (nSPS) is 22.3. The number of esters is 1. The van der Waals surface area contributed by atoms with Crippen LogP contribution in [-0.2, 0) is 19.1 Å². The lowest BCUT2D eigenvalue weighted by atomic mass is 9.80. The van der Waals surface area contributed by atoms with Gasteiger partial charge in [-0.1, -0.05) is 36.4 Å². The molecular weight excluding hydrogens is 418 g/mol. The van der Waals surface area contributed by atoms with Crippen molar-refractivity contribution in [3.8, 4) is 11.8 Å². The summed E-state index contributed by atoms with van der Waals surface area (Å²) in [6.45, 7) is 3.94. The Hall–Kier alpha value is -3.85. The van der Waals surface area contributed by atoms with Crippen LogP contribution in [-0.4, -0.2) is 24.0 Å². The molecule has 2 aromatic carbocycles. The third-order valence-electron chi connectivity index (χ3n) is 5.82. The van der Waals surface area contributed by atoms with Crippen molar-refractivity contribution in [2.24, 2.45) is 5.92 Å². The van der Waals surface area contributed by atoms with Crippen LogP contribution in [0.15, 0.2) is 66.1 Å². The van der Waals surface area contributed by atoms with Crippen LogP contribution in [0.2, 0.25) is 0 Å². The summed E-state index contributed by atoms with van der Waals surface area (Å²) in [6, 6.07) is 16.8. The Labute approximate surface area is 193 Å². The third kappa shape index (κ3) is 5.32. The first-order valence-electron chi connectivity index (χ1n) is 11.0. The lowest BCUT2D eigenvalue weighted by Crippen LogP contribution is -2.43. The van der Waals surface area contributed by atoms with Gasteiger partial charge < -0.3 is 14.2 Å². The van der Waals surface area contributed by atoms with Crippen LogP contribution in [0.3, 0.4) is 0 Å². The predicted octanol–water partition coefficient (Wildman–Crippen LogP) is 4.81. The number of fused-ring (bicyclic) bond motifs is 1. The smallest absolute Gasteiger partial charge is 0.349 e. The summed E-state index contributed by atoms with van der Waals surface area (Å²) >= 11 is 0. The molecular formula is C27H25NO5. The summed E-state index contributed by atoms with van der Waals surface area (Å²) in [6.07, 6.45) is 3.48. The highest BCUT2D eigenvalue weighted by molar-refractivity contribution is 5.98. The number of nitriles is 1. The lowest BCUT2D eigenvalue weighted by molar-refractivity contribution is -0.150. The molecule has 1 fully saturated rings. The number of hydrogen-bond acceptors (Lipinski definition) is 6. The van der Waals surface area contributed by atoms with E-state index < -0.39 is 12.1 Å². The molecule has 0 amide bonds. The van der Waals surface area contributed by atoms with Crippen molar-refractivity contribution in [2.75, 3.05) is 0 Å². The van der Waals surface area contributed by atoms with Gasteiger partial charge in [0.2, 0.25) is 11.5 Å². The van der Waals surface area contributed by atoms with Crippen molar-refractivity contribution in [2.45, 2.75) is 45.3 Å². The molecule has 2 aromatic rings. The monoisotopic (exact) mass is 443 g/mol. The number of allylic oxidation sites excluding steroid dienone is 1. The van der Waals surface area contributed by atoms with E-state index in [2.05, 4.69) is 0 Å². The number of aryl methyl sites for hydroxylation is 2. The number of benzene rings is 2. The summed E-state index contributed by atoms with van der Waals surface area (Å²) in [7, 11) is 0. The van der Waals surface area contributed by atoms with Crippen molar-refractivity contribution in [1.29, 1.82) is 5.26 Å². The van der Waals surface area contributed by atoms with E-state index in [0.717, 1.165) is 16.7 Å². The molecule has 33 heavy (non-hydrogen) atoms. The van der Waals surface area contributed by atoms with E-state index in [1.54, 1.807) is 12.1 Å². The van der Waals surface area contributed by atoms with Gasteiger partial charge in [-0.05, 0) is 61.6 Å². The summed E-state index contributed by atoms with van der Waals surface area (Å²) < 4.78 is 17.2. The summed E-state index contributed by atoms with van der Waals surface area (Å²) in [4.78, 5) is 25.5. The highest BCUT2D eigenvalue weighted by atomic mass is 16.6. The second kappa shape index (κ2) is 9.74. The molecule has 4 rings (SSSR count). The molecule has 2 aliphatic rings. The zero-order valence-corrected chi connectivity index (χ0v) is 18.6. The third-order valence-corrected chi connectivity index (χ3v) is 5.82. The minimum absolute atomic E-state index is 0.0620. The first-order chi connectivity index (χ1) is 15.9. The van der Waals surface area contributed by atoms with E-state index in [1.807, 2.05) is 56.3 Å². The van der Waals surface area contributed by atoms with Gasteiger partial charge >= 0.3 is 5.97 Å². The fourth-order valence-electron chi connectivity index (χ4n) is 4.30. The maximum Gasteiger partial charge on any atom is 0.349 e. The van der Waals surface area contributed by atoms with Crippen molar-refractivity contribution in [1.82, 2.24) is 0 Å². The molecule has 0 aromatic heterocycles. The minimum atomic E-state index is -0.665. The van der Waals surface area contributed by atoms with Crippen molar-refractivity contribution in [3.05, 3.63) is 82.8 Å². The zero-order chi connectivity index (χ0) is 23.4. The molecule has 1 aliphatic carbocycles. The van der Waals surface area contributed by atoms with E-state index in [-0.39, 0.29) is 29.1 Å². The average Bonchev–Trinajstić information content (AvgIpc) is 2.79. The first kappa shape index (κ1) is 22.3. The number of hydrogen-bond donors (Lipinski definition) is 0. The van der Waals surface area contributed by atoms with Gasteiger partial charge in [-0.3, -0.25) is 4.79 Å². The van der Waals surface area contributed by atoms with Crippen molar-refractivity contribution >= 4 is 17.8 Å². The van der Waals surface area contributed by atoms with Crippen LogP contribution in [0.25, 0.3) is 6.08 Å². The number of rotatable bonds is 5. The van der Waals surface area contributed by atoms with E-state index in [1.165, 1.54) is 12.3 Å². The van der Waals surface area contributed by atoms with E-state index in [0.29, 0.717) is 25.0 Å². The molecule has 6 heteroatoms. The number of Topliss-reactive ketones (excluding diaryl/α,β-unsaturated/α-hetero) is 1. The average molecular weight is 443 g/mol. The number of carbonyl (C=O) groups is 2. The minimum Gasteiger partial charge on any atom is -0.493 e. The van der Waals surface area contributed by atoms with E-state index >= 15 is 0 Å². The fraction of sp³-hybridized carbons (Fsp3) is 0.296. The molecule has 0 N–H and O–H groups in total. The molecule has 6 nitrogen and oxygen atoms in total.